The fourth-order valence-corrected chi connectivity index (χ4v) is 5.19. The van der Waals surface area contributed by atoms with E-state index in [-0.39, 0.29) is 30.2 Å². The fraction of sp³-hybridized carbons (Fsp3) is 0.310. The molecule has 2 amide bonds. The Morgan fingerprint density at radius 3 is 2.30 bits per heavy atom. The maximum absolute atomic E-state index is 13.7. The van der Waals surface area contributed by atoms with E-state index in [1.165, 1.54) is 11.8 Å². The lowest BCUT2D eigenvalue weighted by Crippen LogP contribution is -2.52. The summed E-state index contributed by atoms with van der Waals surface area (Å²) in [6.45, 7) is 4.21. The number of thioether (sulfide) groups is 1. The van der Waals surface area contributed by atoms with Crippen LogP contribution in [-0.4, -0.2) is 34.6 Å². The van der Waals surface area contributed by atoms with Crippen LogP contribution in [-0.2, 0) is 28.3 Å². The predicted octanol–water partition coefficient (Wildman–Crippen LogP) is 7.43. The zero-order chi connectivity index (χ0) is 26.8. The second-order valence-corrected chi connectivity index (χ2v) is 11.2. The van der Waals surface area contributed by atoms with Crippen LogP contribution in [0, 0.1) is 0 Å². The standard InChI is InChI=1S/C29H31Cl3N2O2S/c1-3-20(2)33-29(36)27(16-21-8-5-4-6-9-21)34(17-22-12-13-25(31)26(32)15-22)28(35)19-37-18-23-10-7-11-24(30)14-23/h4-15,20,27H,3,16-19H2,1-2H3,(H,33,36)/t20-,27-/m0/s1. The molecular weight excluding hydrogens is 547 g/mol. The summed E-state index contributed by atoms with van der Waals surface area (Å²) in [4.78, 5) is 28.9. The Hall–Kier alpha value is -2.18. The van der Waals surface area contributed by atoms with Crippen molar-refractivity contribution in [2.45, 2.75) is 51.1 Å². The SMILES string of the molecule is CC[C@H](C)NC(=O)[C@H](Cc1ccccc1)N(Cc1ccc(Cl)c(Cl)c1)C(=O)CSCc1cccc(Cl)c1. The highest BCUT2D eigenvalue weighted by molar-refractivity contribution is 7.99. The number of halogens is 3. The summed E-state index contributed by atoms with van der Waals surface area (Å²) in [7, 11) is 0. The van der Waals surface area contributed by atoms with E-state index in [0.717, 1.165) is 23.1 Å². The number of nitrogens with zero attached hydrogens (tertiary/aromatic N) is 1. The second kappa shape index (κ2) is 14.7. The highest BCUT2D eigenvalue weighted by Gasteiger charge is 2.31. The van der Waals surface area contributed by atoms with E-state index in [2.05, 4.69) is 5.32 Å². The fourth-order valence-electron chi connectivity index (χ4n) is 3.80. The molecule has 3 aromatic rings. The minimum absolute atomic E-state index is 0.00935. The average molecular weight is 578 g/mol. The predicted molar refractivity (Wildman–Crippen MR) is 156 cm³/mol. The first kappa shape index (κ1) is 29.4. The van der Waals surface area contributed by atoms with Gasteiger partial charge in [0.05, 0.1) is 15.8 Å². The quantitative estimate of drug-likeness (QED) is 0.243. The Labute approximate surface area is 238 Å². The number of carbonyl (C=O) groups is 2. The first-order chi connectivity index (χ1) is 17.8. The maximum Gasteiger partial charge on any atom is 0.243 e. The van der Waals surface area contributed by atoms with Crippen molar-refractivity contribution in [3.8, 4) is 0 Å². The summed E-state index contributed by atoms with van der Waals surface area (Å²) in [5.74, 6) is 0.551. The second-order valence-electron chi connectivity index (χ2n) is 8.92. The van der Waals surface area contributed by atoms with E-state index in [4.69, 9.17) is 34.8 Å². The van der Waals surface area contributed by atoms with E-state index < -0.39 is 6.04 Å². The van der Waals surface area contributed by atoms with E-state index in [1.807, 2.05) is 74.5 Å². The van der Waals surface area contributed by atoms with Crippen molar-refractivity contribution in [3.63, 3.8) is 0 Å². The summed E-state index contributed by atoms with van der Waals surface area (Å²) < 4.78 is 0. The molecule has 0 unspecified atom stereocenters. The number of hydrogen-bond acceptors (Lipinski definition) is 3. The molecule has 0 heterocycles. The van der Waals surface area contributed by atoms with E-state index in [0.29, 0.717) is 27.2 Å². The third-order valence-electron chi connectivity index (χ3n) is 5.99. The van der Waals surface area contributed by atoms with Crippen LogP contribution in [0.4, 0.5) is 0 Å². The van der Waals surface area contributed by atoms with E-state index >= 15 is 0 Å². The van der Waals surface area contributed by atoms with Crippen molar-refractivity contribution in [2.24, 2.45) is 0 Å². The first-order valence-electron chi connectivity index (χ1n) is 12.2. The lowest BCUT2D eigenvalue weighted by molar-refractivity contribution is -0.139. The molecule has 0 spiro atoms. The number of rotatable bonds is 12. The van der Waals surface area contributed by atoms with Gasteiger partial charge in [0.1, 0.15) is 6.04 Å². The Bertz CT molecular complexity index is 1190. The molecule has 0 aliphatic rings. The number of amides is 2. The van der Waals surface area contributed by atoms with Crippen LogP contribution in [0.1, 0.15) is 37.0 Å². The van der Waals surface area contributed by atoms with Crippen LogP contribution < -0.4 is 5.32 Å². The van der Waals surface area contributed by atoms with Crippen molar-refractivity contribution < 1.29 is 9.59 Å². The number of benzene rings is 3. The molecule has 0 saturated heterocycles. The topological polar surface area (TPSA) is 49.4 Å². The molecule has 0 aromatic heterocycles. The van der Waals surface area contributed by atoms with Gasteiger partial charge in [0.2, 0.25) is 11.8 Å². The molecule has 4 nitrogen and oxygen atoms in total. The third-order valence-corrected chi connectivity index (χ3v) is 7.96. The Morgan fingerprint density at radius 1 is 0.892 bits per heavy atom. The van der Waals surface area contributed by atoms with Gasteiger partial charge in [-0.2, -0.15) is 0 Å². The van der Waals surface area contributed by atoms with Gasteiger partial charge in [-0.1, -0.05) is 90.3 Å². The monoisotopic (exact) mass is 576 g/mol. The van der Waals surface area contributed by atoms with Crippen LogP contribution in [0.2, 0.25) is 15.1 Å². The van der Waals surface area contributed by atoms with E-state index in [1.54, 1.807) is 17.0 Å². The lowest BCUT2D eigenvalue weighted by Gasteiger charge is -2.32. The van der Waals surface area contributed by atoms with Crippen LogP contribution in [0.5, 0.6) is 0 Å². The minimum Gasteiger partial charge on any atom is -0.352 e. The van der Waals surface area contributed by atoms with Crippen molar-refractivity contribution in [3.05, 3.63) is 105 Å². The van der Waals surface area contributed by atoms with Gasteiger partial charge < -0.3 is 10.2 Å². The zero-order valence-electron chi connectivity index (χ0n) is 20.9. The molecule has 37 heavy (non-hydrogen) atoms. The summed E-state index contributed by atoms with van der Waals surface area (Å²) in [6, 6.07) is 21.9. The summed E-state index contributed by atoms with van der Waals surface area (Å²) in [5.41, 5.74) is 2.82. The molecule has 3 rings (SSSR count). The molecule has 0 bridgehead atoms. The molecule has 0 radical (unpaired) electrons. The number of nitrogens with one attached hydrogen (secondary N) is 1. The Kier molecular flexibility index (Phi) is 11.7. The maximum atomic E-state index is 13.7. The summed E-state index contributed by atoms with van der Waals surface area (Å²) in [6.07, 6.45) is 1.19. The van der Waals surface area contributed by atoms with Gasteiger partial charge in [0, 0.05) is 29.8 Å². The summed E-state index contributed by atoms with van der Waals surface area (Å²) in [5, 5.41) is 4.59. The molecule has 2 atom stereocenters. The lowest BCUT2D eigenvalue weighted by atomic mass is 10.0. The molecule has 0 aliphatic heterocycles. The average Bonchev–Trinajstić information content (AvgIpc) is 2.88. The molecule has 0 fully saturated rings. The first-order valence-corrected chi connectivity index (χ1v) is 14.5. The molecule has 0 aliphatic carbocycles. The van der Waals surface area contributed by atoms with Crippen molar-refractivity contribution in [2.75, 3.05) is 5.75 Å². The van der Waals surface area contributed by atoms with Gasteiger partial charge in [-0.3, -0.25) is 9.59 Å². The van der Waals surface area contributed by atoms with Crippen LogP contribution in [0.3, 0.4) is 0 Å². The van der Waals surface area contributed by atoms with Crippen molar-refractivity contribution in [1.82, 2.24) is 10.2 Å². The molecule has 3 aromatic carbocycles. The number of hydrogen-bond donors (Lipinski definition) is 1. The van der Waals surface area contributed by atoms with Crippen molar-refractivity contribution in [1.29, 1.82) is 0 Å². The van der Waals surface area contributed by atoms with Crippen LogP contribution in [0.25, 0.3) is 0 Å². The van der Waals surface area contributed by atoms with Gasteiger partial charge in [0.15, 0.2) is 0 Å². The van der Waals surface area contributed by atoms with Gasteiger partial charge in [-0.05, 0) is 54.3 Å². The molecule has 196 valence electrons. The van der Waals surface area contributed by atoms with Crippen LogP contribution in [0.15, 0.2) is 72.8 Å². The number of carbonyl (C=O) groups excluding carboxylic acids is 2. The Morgan fingerprint density at radius 2 is 1.62 bits per heavy atom. The van der Waals surface area contributed by atoms with Crippen LogP contribution >= 0.6 is 46.6 Å². The van der Waals surface area contributed by atoms with Gasteiger partial charge >= 0.3 is 0 Å². The normalized spacial score (nSPS) is 12.6. The van der Waals surface area contributed by atoms with E-state index in [9.17, 15) is 9.59 Å². The smallest absolute Gasteiger partial charge is 0.243 e. The molecule has 0 saturated carbocycles. The third kappa shape index (κ3) is 9.26. The minimum atomic E-state index is -0.690. The largest absolute Gasteiger partial charge is 0.352 e. The zero-order valence-corrected chi connectivity index (χ0v) is 24.0. The highest BCUT2D eigenvalue weighted by atomic mass is 35.5. The van der Waals surface area contributed by atoms with Gasteiger partial charge in [-0.25, -0.2) is 0 Å². The molecular formula is C29H31Cl3N2O2S. The Balaban J connectivity index is 1.88. The summed E-state index contributed by atoms with van der Waals surface area (Å²) >= 11 is 20.0. The molecule has 8 heteroatoms. The molecule has 1 N–H and O–H groups in total. The van der Waals surface area contributed by atoms with Gasteiger partial charge in [-0.15, -0.1) is 11.8 Å². The van der Waals surface area contributed by atoms with Crippen molar-refractivity contribution >= 4 is 58.4 Å². The van der Waals surface area contributed by atoms with Gasteiger partial charge in [0.25, 0.3) is 0 Å². The highest BCUT2D eigenvalue weighted by Crippen LogP contribution is 2.25.